The Bertz CT molecular complexity index is 1150. The summed E-state index contributed by atoms with van der Waals surface area (Å²) >= 11 is 1.58. The van der Waals surface area contributed by atoms with Crippen LogP contribution in [0.5, 0.6) is 0 Å². The summed E-state index contributed by atoms with van der Waals surface area (Å²) in [4.78, 5) is 12.2. The Morgan fingerprint density at radius 1 is 0.966 bits per heavy atom. The fraction of sp³-hybridized carbons (Fsp3) is 0.0500. The lowest BCUT2D eigenvalue weighted by Gasteiger charge is -2.07. The highest BCUT2D eigenvalue weighted by Crippen LogP contribution is 2.30. The Labute approximate surface area is 166 Å². The molecule has 5 nitrogen and oxygen atoms in total. The molecule has 2 aromatic carbocycles. The molecule has 1 N–H and O–H groups in total. The van der Waals surface area contributed by atoms with Gasteiger partial charge in [-0.25, -0.2) is 0 Å². The van der Waals surface area contributed by atoms with Gasteiger partial charge < -0.3 is 4.42 Å². The van der Waals surface area contributed by atoms with Gasteiger partial charge >= 0.3 is 12.2 Å². The van der Waals surface area contributed by atoms with Crippen molar-refractivity contribution in [3.63, 3.8) is 0 Å². The van der Waals surface area contributed by atoms with Gasteiger partial charge in [0.05, 0.1) is 5.56 Å². The van der Waals surface area contributed by atoms with Crippen LogP contribution >= 0.6 is 11.3 Å². The molecule has 146 valence electrons. The van der Waals surface area contributed by atoms with E-state index >= 15 is 0 Å². The van der Waals surface area contributed by atoms with E-state index in [1.54, 1.807) is 17.4 Å². The van der Waals surface area contributed by atoms with E-state index in [0.717, 1.165) is 29.3 Å². The van der Waals surface area contributed by atoms with Crippen molar-refractivity contribution in [2.75, 3.05) is 5.32 Å². The van der Waals surface area contributed by atoms with Gasteiger partial charge in [0.25, 0.3) is 5.91 Å². The van der Waals surface area contributed by atoms with Crippen LogP contribution in [-0.2, 0) is 6.18 Å². The number of carbonyl (C=O) groups is 1. The number of hydrogen-bond acceptors (Lipinski definition) is 5. The zero-order valence-corrected chi connectivity index (χ0v) is 15.4. The summed E-state index contributed by atoms with van der Waals surface area (Å²) in [6, 6.07) is 13.3. The third kappa shape index (κ3) is 4.19. The van der Waals surface area contributed by atoms with Crippen LogP contribution < -0.4 is 5.32 Å². The number of hydrogen-bond donors (Lipinski definition) is 1. The molecule has 0 saturated carbocycles. The summed E-state index contributed by atoms with van der Waals surface area (Å²) in [5.41, 5.74) is 1.59. The molecule has 0 bridgehead atoms. The van der Waals surface area contributed by atoms with E-state index in [-0.39, 0.29) is 17.5 Å². The SMILES string of the molecule is O=C(Nc1nnc(-c2cccc(-c3ccsc3)c2)o1)c1cccc(C(F)(F)F)c1. The van der Waals surface area contributed by atoms with Crippen molar-refractivity contribution in [1.29, 1.82) is 0 Å². The summed E-state index contributed by atoms with van der Waals surface area (Å²) in [6.45, 7) is 0. The Morgan fingerprint density at radius 2 is 1.76 bits per heavy atom. The molecule has 0 spiro atoms. The number of thiophene rings is 1. The van der Waals surface area contributed by atoms with Gasteiger partial charge in [0, 0.05) is 11.1 Å². The van der Waals surface area contributed by atoms with Crippen LogP contribution in [0.25, 0.3) is 22.6 Å². The lowest BCUT2D eigenvalue weighted by molar-refractivity contribution is -0.137. The molecule has 29 heavy (non-hydrogen) atoms. The zero-order chi connectivity index (χ0) is 20.4. The number of rotatable bonds is 4. The molecule has 0 aliphatic carbocycles. The second kappa shape index (κ2) is 7.51. The zero-order valence-electron chi connectivity index (χ0n) is 14.6. The molecule has 1 amide bonds. The number of nitrogens with one attached hydrogen (secondary N) is 1. The van der Waals surface area contributed by atoms with Gasteiger partial charge in [0.15, 0.2) is 0 Å². The lowest BCUT2D eigenvalue weighted by Crippen LogP contribution is -2.14. The first kappa shape index (κ1) is 18.9. The van der Waals surface area contributed by atoms with Crippen LogP contribution in [0.3, 0.4) is 0 Å². The molecule has 0 aliphatic rings. The van der Waals surface area contributed by atoms with Crippen molar-refractivity contribution >= 4 is 23.3 Å². The molecule has 4 aromatic rings. The summed E-state index contributed by atoms with van der Waals surface area (Å²) in [6.07, 6.45) is -4.54. The van der Waals surface area contributed by atoms with E-state index in [1.807, 2.05) is 35.0 Å². The van der Waals surface area contributed by atoms with Crippen LogP contribution in [0.4, 0.5) is 19.2 Å². The van der Waals surface area contributed by atoms with Gasteiger partial charge in [-0.3, -0.25) is 10.1 Å². The first-order chi connectivity index (χ1) is 13.9. The van der Waals surface area contributed by atoms with Crippen molar-refractivity contribution in [2.45, 2.75) is 6.18 Å². The number of aromatic nitrogens is 2. The fourth-order valence-electron chi connectivity index (χ4n) is 2.66. The number of carbonyl (C=O) groups excluding carboxylic acids is 1. The highest BCUT2D eigenvalue weighted by molar-refractivity contribution is 7.08. The Kier molecular flexibility index (Phi) is 4.89. The van der Waals surface area contributed by atoms with Crippen LogP contribution in [0.2, 0.25) is 0 Å². The van der Waals surface area contributed by atoms with Crippen LogP contribution in [0.1, 0.15) is 15.9 Å². The largest absolute Gasteiger partial charge is 0.416 e. The van der Waals surface area contributed by atoms with Crippen molar-refractivity contribution in [1.82, 2.24) is 10.2 Å². The van der Waals surface area contributed by atoms with Gasteiger partial charge in [-0.2, -0.15) is 24.5 Å². The van der Waals surface area contributed by atoms with Gasteiger partial charge in [0.1, 0.15) is 0 Å². The second-order valence-corrected chi connectivity index (χ2v) is 6.82. The molecule has 0 fully saturated rings. The molecular weight excluding hydrogens is 403 g/mol. The molecule has 0 atom stereocenters. The molecule has 4 rings (SSSR count). The maximum Gasteiger partial charge on any atom is 0.416 e. The average molecular weight is 415 g/mol. The second-order valence-electron chi connectivity index (χ2n) is 6.04. The monoisotopic (exact) mass is 415 g/mol. The van der Waals surface area contributed by atoms with E-state index in [2.05, 4.69) is 15.5 Å². The highest BCUT2D eigenvalue weighted by atomic mass is 32.1. The van der Waals surface area contributed by atoms with Crippen molar-refractivity contribution in [3.05, 3.63) is 76.5 Å². The molecule has 0 saturated heterocycles. The maximum atomic E-state index is 12.8. The number of anilines is 1. The Hall–Kier alpha value is -3.46. The highest BCUT2D eigenvalue weighted by Gasteiger charge is 2.31. The molecule has 2 aromatic heterocycles. The first-order valence-corrected chi connectivity index (χ1v) is 9.29. The van der Waals surface area contributed by atoms with E-state index < -0.39 is 17.6 Å². The molecule has 9 heteroatoms. The van der Waals surface area contributed by atoms with Crippen molar-refractivity contribution in [3.8, 4) is 22.6 Å². The molecule has 2 heterocycles. The van der Waals surface area contributed by atoms with E-state index in [4.69, 9.17) is 4.42 Å². The predicted molar refractivity (Wildman–Crippen MR) is 102 cm³/mol. The summed E-state index contributed by atoms with van der Waals surface area (Å²) in [7, 11) is 0. The molecular formula is C20H12F3N3O2S. The minimum absolute atomic E-state index is 0.168. The summed E-state index contributed by atoms with van der Waals surface area (Å²) < 4.78 is 43.9. The van der Waals surface area contributed by atoms with E-state index in [0.29, 0.717) is 5.56 Å². The number of benzene rings is 2. The smallest absolute Gasteiger partial charge is 0.403 e. The van der Waals surface area contributed by atoms with Crippen molar-refractivity contribution < 1.29 is 22.4 Å². The number of halogens is 3. The van der Waals surface area contributed by atoms with Gasteiger partial charge in [-0.15, -0.1) is 5.10 Å². The van der Waals surface area contributed by atoms with Crippen LogP contribution in [0, 0.1) is 0 Å². The quantitative estimate of drug-likeness (QED) is 0.462. The fourth-order valence-corrected chi connectivity index (χ4v) is 3.32. The van der Waals surface area contributed by atoms with Crippen molar-refractivity contribution in [2.24, 2.45) is 0 Å². The summed E-state index contributed by atoms with van der Waals surface area (Å²) in [5, 5.41) is 14.0. The third-order valence-electron chi connectivity index (χ3n) is 4.06. The number of amides is 1. The Morgan fingerprint density at radius 3 is 2.52 bits per heavy atom. The third-order valence-corrected chi connectivity index (χ3v) is 4.74. The van der Waals surface area contributed by atoms with Crippen LogP contribution in [-0.4, -0.2) is 16.1 Å². The van der Waals surface area contributed by atoms with E-state index in [9.17, 15) is 18.0 Å². The normalized spacial score (nSPS) is 11.4. The number of nitrogens with zero attached hydrogens (tertiary/aromatic N) is 2. The Balaban J connectivity index is 1.53. The average Bonchev–Trinajstić information content (AvgIpc) is 3.40. The van der Waals surface area contributed by atoms with Crippen LogP contribution in [0.15, 0.2) is 69.8 Å². The minimum Gasteiger partial charge on any atom is -0.403 e. The van der Waals surface area contributed by atoms with E-state index in [1.165, 1.54) is 6.07 Å². The first-order valence-electron chi connectivity index (χ1n) is 8.35. The standard InChI is InChI=1S/C20H12F3N3O2S/c21-20(22,23)16-6-2-4-13(10-16)17(27)24-19-26-25-18(28-19)14-5-1-3-12(9-14)15-7-8-29-11-15/h1-11H,(H,24,26,27). The number of alkyl halides is 3. The van der Waals surface area contributed by atoms with Gasteiger partial charge in [-0.1, -0.05) is 23.3 Å². The van der Waals surface area contributed by atoms with Gasteiger partial charge in [0.2, 0.25) is 5.89 Å². The molecule has 0 radical (unpaired) electrons. The molecule has 0 aliphatic heterocycles. The predicted octanol–water partition coefficient (Wildman–Crippen LogP) is 5.74. The van der Waals surface area contributed by atoms with Gasteiger partial charge in [-0.05, 0) is 58.3 Å². The summed E-state index contributed by atoms with van der Waals surface area (Å²) in [5.74, 6) is -0.597. The maximum absolute atomic E-state index is 12.8. The molecule has 0 unspecified atom stereocenters. The minimum atomic E-state index is -4.54. The topological polar surface area (TPSA) is 68.0 Å². The lowest BCUT2D eigenvalue weighted by atomic mass is 10.1.